The van der Waals surface area contributed by atoms with Crippen molar-refractivity contribution in [1.82, 2.24) is 4.98 Å². The van der Waals surface area contributed by atoms with Crippen LogP contribution < -0.4 is 5.32 Å². The molecular formula is C22H19ClN2O4S. The Morgan fingerprint density at radius 2 is 1.73 bits per heavy atom. The van der Waals surface area contributed by atoms with Gasteiger partial charge in [-0.3, -0.25) is 9.59 Å². The Balaban J connectivity index is 1.62. The van der Waals surface area contributed by atoms with E-state index in [0.717, 1.165) is 5.56 Å². The smallest absolute Gasteiger partial charge is 0.350 e. The lowest BCUT2D eigenvalue weighted by molar-refractivity contribution is -0.115. The fourth-order valence-corrected chi connectivity index (χ4v) is 3.66. The maximum atomic E-state index is 12.4. The highest BCUT2D eigenvalue weighted by Gasteiger charge is 2.19. The number of aromatic nitrogens is 1. The topological polar surface area (TPSA) is 85.4 Å². The van der Waals surface area contributed by atoms with E-state index in [1.165, 1.54) is 11.3 Å². The zero-order valence-corrected chi connectivity index (χ0v) is 18.0. The van der Waals surface area contributed by atoms with Gasteiger partial charge in [0.2, 0.25) is 5.91 Å². The second kappa shape index (κ2) is 9.65. The largest absolute Gasteiger partial charge is 0.453 e. The van der Waals surface area contributed by atoms with Crippen LogP contribution in [0.3, 0.4) is 0 Å². The van der Waals surface area contributed by atoms with Crippen LogP contribution in [0.25, 0.3) is 10.6 Å². The molecule has 3 rings (SSSR count). The quantitative estimate of drug-likeness (QED) is 0.403. The number of nitrogens with zero attached hydrogens (tertiary/aromatic N) is 1. The molecule has 0 radical (unpaired) electrons. The molecule has 154 valence electrons. The third-order valence-electron chi connectivity index (χ3n) is 4.22. The molecule has 0 bridgehead atoms. The lowest BCUT2D eigenvalue weighted by Gasteiger charge is -2.06. The molecule has 2 aromatic carbocycles. The molecule has 0 fully saturated rings. The van der Waals surface area contributed by atoms with Crippen LogP contribution in [-0.4, -0.2) is 29.3 Å². The minimum absolute atomic E-state index is 0.110. The van der Waals surface area contributed by atoms with Crippen LogP contribution in [0.1, 0.15) is 39.1 Å². The third-order valence-corrected chi connectivity index (χ3v) is 5.66. The van der Waals surface area contributed by atoms with Crippen LogP contribution in [0.4, 0.5) is 5.69 Å². The van der Waals surface area contributed by atoms with Crippen LogP contribution in [0.15, 0.2) is 48.5 Å². The number of thiazole rings is 1. The number of hydrogen-bond acceptors (Lipinski definition) is 6. The molecule has 0 aliphatic rings. The molecule has 0 unspecified atom stereocenters. The van der Waals surface area contributed by atoms with E-state index in [2.05, 4.69) is 10.3 Å². The van der Waals surface area contributed by atoms with E-state index >= 15 is 0 Å². The number of Topliss-reactive ketones (excluding diaryl/α,β-unsaturated/α-hetero) is 1. The molecule has 0 aliphatic carbocycles. The van der Waals surface area contributed by atoms with Crippen molar-refractivity contribution in [2.24, 2.45) is 0 Å². The normalized spacial score (nSPS) is 10.5. The predicted octanol–water partition coefficient (Wildman–Crippen LogP) is 5.16. The van der Waals surface area contributed by atoms with Gasteiger partial charge in [0, 0.05) is 28.3 Å². The average Bonchev–Trinajstić information content (AvgIpc) is 3.14. The van der Waals surface area contributed by atoms with Crippen molar-refractivity contribution in [2.75, 3.05) is 11.9 Å². The molecule has 8 heteroatoms. The van der Waals surface area contributed by atoms with Gasteiger partial charge in [-0.1, -0.05) is 30.7 Å². The highest BCUT2D eigenvalue weighted by molar-refractivity contribution is 7.17. The Morgan fingerprint density at radius 3 is 2.37 bits per heavy atom. The molecule has 0 saturated heterocycles. The second-order valence-corrected chi connectivity index (χ2v) is 7.85. The van der Waals surface area contributed by atoms with Crippen LogP contribution >= 0.6 is 22.9 Å². The first kappa shape index (κ1) is 21.7. The first-order valence-corrected chi connectivity index (χ1v) is 10.4. The van der Waals surface area contributed by atoms with Gasteiger partial charge in [-0.15, -0.1) is 11.3 Å². The minimum Gasteiger partial charge on any atom is -0.453 e. The molecule has 0 atom stereocenters. The minimum atomic E-state index is -0.592. The molecule has 1 amide bonds. The first-order chi connectivity index (χ1) is 14.4. The Hall–Kier alpha value is -3.03. The SMILES string of the molecule is CCC(=O)Nc1ccc(C(=O)COC(=O)c2sc(-c3ccc(Cl)cc3)nc2C)cc1. The maximum absolute atomic E-state index is 12.4. The number of nitrogens with one attached hydrogen (secondary N) is 1. The van der Waals surface area contributed by atoms with E-state index in [0.29, 0.717) is 38.3 Å². The number of hydrogen-bond donors (Lipinski definition) is 1. The highest BCUT2D eigenvalue weighted by atomic mass is 35.5. The summed E-state index contributed by atoms with van der Waals surface area (Å²) in [7, 11) is 0. The van der Waals surface area contributed by atoms with Crippen molar-refractivity contribution in [3.8, 4) is 10.6 Å². The summed E-state index contributed by atoms with van der Waals surface area (Å²) in [5.74, 6) is -1.04. The summed E-state index contributed by atoms with van der Waals surface area (Å²) in [6.45, 7) is 3.09. The van der Waals surface area contributed by atoms with Gasteiger partial charge >= 0.3 is 5.97 Å². The number of benzene rings is 2. The molecule has 6 nitrogen and oxygen atoms in total. The number of anilines is 1. The lowest BCUT2D eigenvalue weighted by atomic mass is 10.1. The van der Waals surface area contributed by atoms with Gasteiger partial charge in [-0.05, 0) is 43.3 Å². The van der Waals surface area contributed by atoms with Crippen LogP contribution in [0.2, 0.25) is 5.02 Å². The number of ketones is 1. The zero-order chi connectivity index (χ0) is 21.7. The summed E-state index contributed by atoms with van der Waals surface area (Å²) in [6, 6.07) is 13.6. The van der Waals surface area contributed by atoms with Gasteiger partial charge in [0.15, 0.2) is 12.4 Å². The van der Waals surface area contributed by atoms with Crippen LogP contribution in [0, 0.1) is 6.92 Å². The Kier molecular flexibility index (Phi) is 6.97. The molecule has 0 aliphatic heterocycles. The molecule has 1 N–H and O–H groups in total. The molecule has 1 heterocycles. The van der Waals surface area contributed by atoms with Gasteiger partial charge in [-0.25, -0.2) is 9.78 Å². The van der Waals surface area contributed by atoms with E-state index in [9.17, 15) is 14.4 Å². The fourth-order valence-electron chi connectivity index (χ4n) is 2.57. The first-order valence-electron chi connectivity index (χ1n) is 9.21. The van der Waals surface area contributed by atoms with E-state index in [1.54, 1.807) is 50.2 Å². The monoisotopic (exact) mass is 442 g/mol. The van der Waals surface area contributed by atoms with Crippen molar-refractivity contribution < 1.29 is 19.1 Å². The molecule has 0 spiro atoms. The van der Waals surface area contributed by atoms with Gasteiger partial charge in [-0.2, -0.15) is 0 Å². The average molecular weight is 443 g/mol. The van der Waals surface area contributed by atoms with Gasteiger partial charge in [0.05, 0.1) is 5.69 Å². The number of carbonyl (C=O) groups is 3. The summed E-state index contributed by atoms with van der Waals surface area (Å²) >= 11 is 7.11. The van der Waals surface area contributed by atoms with E-state index < -0.39 is 5.97 Å². The summed E-state index contributed by atoms with van der Waals surface area (Å²) in [6.07, 6.45) is 0.368. The number of ether oxygens (including phenoxy) is 1. The highest BCUT2D eigenvalue weighted by Crippen LogP contribution is 2.29. The van der Waals surface area contributed by atoms with E-state index in [4.69, 9.17) is 16.3 Å². The summed E-state index contributed by atoms with van der Waals surface area (Å²) in [4.78, 5) is 40.9. The van der Waals surface area contributed by atoms with Gasteiger partial charge in [0.1, 0.15) is 9.88 Å². The molecular weight excluding hydrogens is 424 g/mol. The Morgan fingerprint density at radius 1 is 1.07 bits per heavy atom. The number of rotatable bonds is 7. The molecule has 30 heavy (non-hydrogen) atoms. The van der Waals surface area contributed by atoms with Gasteiger partial charge < -0.3 is 10.1 Å². The van der Waals surface area contributed by atoms with Crippen molar-refractivity contribution in [3.05, 3.63) is 69.7 Å². The van der Waals surface area contributed by atoms with E-state index in [-0.39, 0.29) is 18.3 Å². The lowest BCUT2D eigenvalue weighted by Crippen LogP contribution is -2.14. The van der Waals surface area contributed by atoms with Crippen LogP contribution in [-0.2, 0) is 9.53 Å². The standard InChI is InChI=1S/C22H19ClN2O4S/c1-3-19(27)25-17-10-6-14(7-11-17)18(26)12-29-22(28)20-13(2)24-21(30-20)15-4-8-16(23)9-5-15/h4-11H,3,12H2,1-2H3,(H,25,27). The van der Waals surface area contributed by atoms with Crippen molar-refractivity contribution in [2.45, 2.75) is 20.3 Å². The number of aryl methyl sites for hydroxylation is 1. The summed E-state index contributed by atoms with van der Waals surface area (Å²) in [5.41, 5.74) is 2.38. The molecule has 3 aromatic rings. The summed E-state index contributed by atoms with van der Waals surface area (Å²) in [5, 5.41) is 4.00. The van der Waals surface area contributed by atoms with Crippen molar-refractivity contribution in [3.63, 3.8) is 0 Å². The number of carbonyl (C=O) groups excluding carboxylic acids is 3. The maximum Gasteiger partial charge on any atom is 0.350 e. The number of amides is 1. The summed E-state index contributed by atoms with van der Waals surface area (Å²) < 4.78 is 5.20. The van der Waals surface area contributed by atoms with Crippen LogP contribution in [0.5, 0.6) is 0 Å². The third kappa shape index (κ3) is 5.31. The fraction of sp³-hybridized carbons (Fsp3) is 0.182. The predicted molar refractivity (Wildman–Crippen MR) is 117 cm³/mol. The van der Waals surface area contributed by atoms with Gasteiger partial charge in [0.25, 0.3) is 0 Å². The van der Waals surface area contributed by atoms with Crippen molar-refractivity contribution in [1.29, 1.82) is 0 Å². The molecule has 1 aromatic heterocycles. The molecule has 0 saturated carbocycles. The van der Waals surface area contributed by atoms with E-state index in [1.807, 2.05) is 12.1 Å². The second-order valence-electron chi connectivity index (χ2n) is 6.42. The Labute approximate surface area is 182 Å². The Bertz CT molecular complexity index is 1080. The van der Waals surface area contributed by atoms with Crippen molar-refractivity contribution >= 4 is 46.3 Å². The zero-order valence-electron chi connectivity index (χ0n) is 16.4. The number of esters is 1. The number of halogens is 1.